The SMILES string of the molecule is CC1(CNCc2ccccc2OC(F)F)CC1. The topological polar surface area (TPSA) is 21.3 Å². The number of para-hydroxylation sites is 1. The number of ether oxygens (including phenoxy) is 1. The first kappa shape index (κ1) is 12.3. The fourth-order valence-electron chi connectivity index (χ4n) is 1.75. The van der Waals surface area contributed by atoms with Crippen molar-refractivity contribution in [3.63, 3.8) is 0 Å². The van der Waals surface area contributed by atoms with Gasteiger partial charge in [-0.3, -0.25) is 0 Å². The van der Waals surface area contributed by atoms with Gasteiger partial charge < -0.3 is 10.1 Å². The van der Waals surface area contributed by atoms with Gasteiger partial charge in [0.2, 0.25) is 0 Å². The number of nitrogens with one attached hydrogen (secondary N) is 1. The highest BCUT2D eigenvalue weighted by Crippen LogP contribution is 2.44. The monoisotopic (exact) mass is 241 g/mol. The molecule has 0 spiro atoms. The average Bonchev–Trinajstić information content (AvgIpc) is 2.99. The van der Waals surface area contributed by atoms with Crippen LogP contribution in [0.25, 0.3) is 0 Å². The number of alkyl halides is 2. The molecule has 17 heavy (non-hydrogen) atoms. The van der Waals surface area contributed by atoms with Gasteiger partial charge in [-0.05, 0) is 24.3 Å². The third-order valence-electron chi connectivity index (χ3n) is 3.16. The van der Waals surface area contributed by atoms with Crippen LogP contribution in [-0.4, -0.2) is 13.2 Å². The van der Waals surface area contributed by atoms with Gasteiger partial charge in [-0.1, -0.05) is 25.1 Å². The Hall–Kier alpha value is -1.16. The summed E-state index contributed by atoms with van der Waals surface area (Å²) in [5, 5.41) is 3.29. The zero-order valence-corrected chi connectivity index (χ0v) is 9.88. The Morgan fingerprint density at radius 1 is 1.35 bits per heavy atom. The van der Waals surface area contributed by atoms with E-state index in [1.165, 1.54) is 12.8 Å². The molecular formula is C13H17F2NO. The lowest BCUT2D eigenvalue weighted by Crippen LogP contribution is -2.22. The van der Waals surface area contributed by atoms with Crippen molar-refractivity contribution in [1.29, 1.82) is 0 Å². The van der Waals surface area contributed by atoms with Crippen molar-refractivity contribution >= 4 is 0 Å². The molecule has 0 unspecified atom stereocenters. The zero-order chi connectivity index (χ0) is 12.3. The van der Waals surface area contributed by atoms with Crippen LogP contribution in [0.15, 0.2) is 24.3 Å². The summed E-state index contributed by atoms with van der Waals surface area (Å²) in [6, 6.07) is 6.90. The predicted molar refractivity (Wildman–Crippen MR) is 62.1 cm³/mol. The van der Waals surface area contributed by atoms with Crippen LogP contribution in [0.5, 0.6) is 5.75 Å². The lowest BCUT2D eigenvalue weighted by atomic mass is 10.1. The molecule has 2 nitrogen and oxygen atoms in total. The molecule has 1 aromatic rings. The summed E-state index contributed by atoms with van der Waals surface area (Å²) in [6.07, 6.45) is 2.49. The average molecular weight is 241 g/mol. The van der Waals surface area contributed by atoms with Crippen molar-refractivity contribution in [2.45, 2.75) is 32.9 Å². The second-order valence-electron chi connectivity index (χ2n) is 4.90. The van der Waals surface area contributed by atoms with Gasteiger partial charge in [0.15, 0.2) is 0 Å². The third kappa shape index (κ3) is 3.66. The van der Waals surface area contributed by atoms with Crippen molar-refractivity contribution in [3.8, 4) is 5.75 Å². The van der Waals surface area contributed by atoms with Gasteiger partial charge >= 0.3 is 6.61 Å². The molecule has 94 valence electrons. The van der Waals surface area contributed by atoms with E-state index in [4.69, 9.17) is 0 Å². The molecule has 1 aliphatic carbocycles. The lowest BCUT2D eigenvalue weighted by molar-refractivity contribution is -0.0505. The van der Waals surface area contributed by atoms with Crippen LogP contribution in [0.1, 0.15) is 25.3 Å². The first-order valence-corrected chi connectivity index (χ1v) is 5.82. The molecule has 0 radical (unpaired) electrons. The van der Waals surface area contributed by atoms with Crippen molar-refractivity contribution in [2.24, 2.45) is 5.41 Å². The van der Waals surface area contributed by atoms with Gasteiger partial charge in [0.25, 0.3) is 0 Å². The van der Waals surface area contributed by atoms with Crippen molar-refractivity contribution in [1.82, 2.24) is 5.32 Å². The Balaban J connectivity index is 1.89. The number of hydrogen-bond acceptors (Lipinski definition) is 2. The van der Waals surface area contributed by atoms with Crippen LogP contribution >= 0.6 is 0 Å². The van der Waals surface area contributed by atoms with Gasteiger partial charge in [-0.25, -0.2) is 0 Å². The van der Waals surface area contributed by atoms with E-state index in [1.807, 2.05) is 6.07 Å². The number of benzene rings is 1. The van der Waals surface area contributed by atoms with Crippen LogP contribution < -0.4 is 10.1 Å². The van der Waals surface area contributed by atoms with Crippen LogP contribution in [0.2, 0.25) is 0 Å². The Bertz CT molecular complexity index is 377. The van der Waals surface area contributed by atoms with Crippen molar-refractivity contribution in [2.75, 3.05) is 6.54 Å². The standard InChI is InChI=1S/C13H17F2NO/c1-13(6-7-13)9-16-8-10-4-2-3-5-11(10)17-12(14)15/h2-5,12,16H,6-9H2,1H3. The van der Waals surface area contributed by atoms with Gasteiger partial charge in [-0.2, -0.15) is 8.78 Å². The van der Waals surface area contributed by atoms with E-state index in [9.17, 15) is 8.78 Å². The van der Waals surface area contributed by atoms with E-state index < -0.39 is 6.61 Å². The van der Waals surface area contributed by atoms with E-state index in [2.05, 4.69) is 17.0 Å². The maximum absolute atomic E-state index is 12.2. The minimum absolute atomic E-state index is 0.260. The quantitative estimate of drug-likeness (QED) is 0.826. The molecule has 0 bridgehead atoms. The molecule has 0 saturated heterocycles. The summed E-state index contributed by atoms with van der Waals surface area (Å²) in [5.41, 5.74) is 1.19. The maximum atomic E-state index is 12.2. The highest BCUT2D eigenvalue weighted by Gasteiger charge is 2.36. The van der Waals surface area contributed by atoms with E-state index in [1.54, 1.807) is 18.2 Å². The molecule has 1 saturated carbocycles. The highest BCUT2D eigenvalue weighted by molar-refractivity contribution is 5.33. The molecular weight excluding hydrogens is 224 g/mol. The first-order chi connectivity index (χ1) is 8.09. The molecule has 1 aliphatic rings. The number of halogens is 2. The highest BCUT2D eigenvalue weighted by atomic mass is 19.3. The van der Waals surface area contributed by atoms with E-state index in [0.29, 0.717) is 12.0 Å². The molecule has 0 atom stereocenters. The maximum Gasteiger partial charge on any atom is 0.387 e. The summed E-state index contributed by atoms with van der Waals surface area (Å²) in [6.45, 7) is 0.952. The Kier molecular flexibility index (Phi) is 3.62. The largest absolute Gasteiger partial charge is 0.434 e. The van der Waals surface area contributed by atoms with E-state index in [-0.39, 0.29) is 5.75 Å². The third-order valence-corrected chi connectivity index (χ3v) is 3.16. The van der Waals surface area contributed by atoms with Gasteiger partial charge in [0.1, 0.15) is 5.75 Å². The van der Waals surface area contributed by atoms with Crippen LogP contribution in [0, 0.1) is 5.41 Å². The lowest BCUT2D eigenvalue weighted by Gasteiger charge is -2.13. The second kappa shape index (κ2) is 5.00. The van der Waals surface area contributed by atoms with Crippen LogP contribution in [0.3, 0.4) is 0 Å². The molecule has 0 aromatic heterocycles. The Morgan fingerprint density at radius 3 is 2.71 bits per heavy atom. The zero-order valence-electron chi connectivity index (χ0n) is 9.88. The Labute approximate surface area is 100.0 Å². The molecule has 4 heteroatoms. The summed E-state index contributed by atoms with van der Waals surface area (Å²) >= 11 is 0. The first-order valence-electron chi connectivity index (χ1n) is 5.82. The smallest absolute Gasteiger partial charge is 0.387 e. The molecule has 0 heterocycles. The minimum Gasteiger partial charge on any atom is -0.434 e. The minimum atomic E-state index is -2.77. The molecule has 0 aliphatic heterocycles. The molecule has 2 rings (SSSR count). The summed E-state index contributed by atoms with van der Waals surface area (Å²) in [5.74, 6) is 0.260. The van der Waals surface area contributed by atoms with E-state index >= 15 is 0 Å². The van der Waals surface area contributed by atoms with Crippen LogP contribution in [-0.2, 0) is 6.54 Å². The van der Waals surface area contributed by atoms with Gasteiger partial charge in [-0.15, -0.1) is 0 Å². The fourth-order valence-corrected chi connectivity index (χ4v) is 1.75. The molecule has 0 amide bonds. The summed E-state index contributed by atoms with van der Waals surface area (Å²) in [4.78, 5) is 0. The summed E-state index contributed by atoms with van der Waals surface area (Å²) in [7, 11) is 0. The summed E-state index contributed by atoms with van der Waals surface area (Å²) < 4.78 is 28.8. The number of hydrogen-bond donors (Lipinski definition) is 1. The number of rotatable bonds is 6. The molecule has 1 aromatic carbocycles. The fraction of sp³-hybridized carbons (Fsp3) is 0.538. The van der Waals surface area contributed by atoms with Crippen molar-refractivity contribution < 1.29 is 13.5 Å². The second-order valence-corrected chi connectivity index (χ2v) is 4.90. The van der Waals surface area contributed by atoms with E-state index in [0.717, 1.165) is 12.1 Å². The predicted octanol–water partition coefficient (Wildman–Crippen LogP) is 3.18. The molecule has 1 N–H and O–H groups in total. The van der Waals surface area contributed by atoms with Gasteiger partial charge in [0, 0.05) is 18.7 Å². The van der Waals surface area contributed by atoms with Crippen molar-refractivity contribution in [3.05, 3.63) is 29.8 Å². The Morgan fingerprint density at radius 2 is 2.06 bits per heavy atom. The van der Waals surface area contributed by atoms with Crippen LogP contribution in [0.4, 0.5) is 8.78 Å². The van der Waals surface area contributed by atoms with Gasteiger partial charge in [0.05, 0.1) is 0 Å². The normalized spacial score (nSPS) is 17.2. The molecule has 1 fully saturated rings.